The topological polar surface area (TPSA) is 220 Å². The van der Waals surface area contributed by atoms with Gasteiger partial charge in [-0.25, -0.2) is 9.59 Å². The van der Waals surface area contributed by atoms with Gasteiger partial charge < -0.3 is 9.47 Å². The Morgan fingerprint density at radius 1 is 0.755 bits per heavy atom. The zero-order valence-corrected chi connectivity index (χ0v) is 30.2. The monoisotopic (exact) mass is 766 g/mol. The molecule has 0 aliphatic rings. The minimum Gasteiger partial charge on any atom is -0.462 e. The molecular formula is C36H25Cl3N10O4. The van der Waals surface area contributed by atoms with Crippen molar-refractivity contribution in [1.82, 2.24) is 29.9 Å². The van der Waals surface area contributed by atoms with E-state index in [2.05, 4.69) is 42.1 Å². The van der Waals surface area contributed by atoms with Gasteiger partial charge in [0.1, 0.15) is 41.1 Å². The van der Waals surface area contributed by atoms with Crippen LogP contribution in [-0.4, -0.2) is 55.1 Å². The maximum Gasteiger partial charge on any atom is 0.342 e. The van der Waals surface area contributed by atoms with Gasteiger partial charge in [0.25, 0.3) is 0 Å². The van der Waals surface area contributed by atoms with E-state index in [1.54, 1.807) is 44.2 Å². The molecule has 0 spiro atoms. The molecule has 264 valence electrons. The zero-order chi connectivity index (χ0) is 38.5. The van der Waals surface area contributed by atoms with Crippen molar-refractivity contribution in [1.29, 1.82) is 21.0 Å². The van der Waals surface area contributed by atoms with Gasteiger partial charge in [0, 0.05) is 35.2 Å². The van der Waals surface area contributed by atoms with Gasteiger partial charge in [0.15, 0.2) is 5.69 Å². The van der Waals surface area contributed by atoms with Crippen molar-refractivity contribution in [3.63, 3.8) is 0 Å². The average Bonchev–Trinajstić information content (AvgIpc) is 3.82. The maximum atomic E-state index is 11.9. The fourth-order valence-electron chi connectivity index (χ4n) is 4.77. The molecule has 0 fully saturated rings. The van der Waals surface area contributed by atoms with Gasteiger partial charge in [-0.1, -0.05) is 23.2 Å². The first-order chi connectivity index (χ1) is 25.6. The molecule has 0 saturated carbocycles. The van der Waals surface area contributed by atoms with E-state index in [1.807, 2.05) is 18.2 Å². The van der Waals surface area contributed by atoms with Crippen LogP contribution in [-0.2, 0) is 21.9 Å². The summed E-state index contributed by atoms with van der Waals surface area (Å²) < 4.78 is 11.1. The molecule has 0 unspecified atom stereocenters. The lowest BCUT2D eigenvalue weighted by molar-refractivity contribution is 0.0516. The van der Waals surface area contributed by atoms with Crippen molar-refractivity contribution in [2.75, 3.05) is 13.2 Å². The van der Waals surface area contributed by atoms with Crippen LogP contribution in [0.1, 0.15) is 68.2 Å². The highest BCUT2D eigenvalue weighted by molar-refractivity contribution is 6.31. The molecule has 0 aliphatic heterocycles. The quantitative estimate of drug-likeness (QED) is 0.128. The predicted octanol–water partition coefficient (Wildman–Crippen LogP) is 7.01. The van der Waals surface area contributed by atoms with Crippen molar-refractivity contribution in [2.45, 2.75) is 26.3 Å². The maximum absolute atomic E-state index is 11.9. The Bertz CT molecular complexity index is 2490. The number of carbonyl (C=O) groups is 2. The fourth-order valence-corrected chi connectivity index (χ4v) is 5.26. The van der Waals surface area contributed by atoms with Crippen LogP contribution in [0.3, 0.4) is 0 Å². The number of hydrogen-bond acceptors (Lipinski definition) is 12. The van der Waals surface area contributed by atoms with Crippen LogP contribution in [0.15, 0.2) is 61.2 Å². The molecule has 0 radical (unpaired) electrons. The third kappa shape index (κ3) is 9.83. The first-order valence-electron chi connectivity index (χ1n) is 15.4. The molecule has 4 heterocycles. The average molecular weight is 768 g/mol. The minimum absolute atomic E-state index is 0.00513. The first kappa shape index (κ1) is 39.2. The van der Waals surface area contributed by atoms with Crippen molar-refractivity contribution < 1.29 is 19.1 Å². The Morgan fingerprint density at radius 3 is 1.81 bits per heavy atom. The molecule has 0 bridgehead atoms. The Morgan fingerprint density at radius 2 is 1.30 bits per heavy atom. The Kier molecular flexibility index (Phi) is 13.8. The third-order valence-corrected chi connectivity index (χ3v) is 7.69. The zero-order valence-electron chi connectivity index (χ0n) is 27.9. The third-order valence-electron chi connectivity index (χ3n) is 6.97. The van der Waals surface area contributed by atoms with Crippen LogP contribution in [0.2, 0.25) is 10.0 Å². The number of halogens is 3. The van der Waals surface area contributed by atoms with E-state index in [9.17, 15) is 14.9 Å². The summed E-state index contributed by atoms with van der Waals surface area (Å²) in [6.45, 7) is 4.15. The smallest absolute Gasteiger partial charge is 0.342 e. The summed E-state index contributed by atoms with van der Waals surface area (Å²) >= 11 is 17.5. The summed E-state index contributed by atoms with van der Waals surface area (Å²) in [6, 6.07) is 18.6. The van der Waals surface area contributed by atoms with Gasteiger partial charge in [-0.05, 0) is 61.4 Å². The van der Waals surface area contributed by atoms with Crippen LogP contribution in [0, 0.1) is 45.3 Å². The Balaban J connectivity index is 0.000000196. The standard InChI is InChI=1S/C18H12ClN5O2.C11H6Cl2N2.C7H7N3O2/c1-2-26-18(25)15-10-24(23-16(15)7-21)9-11-3-12-5-14(19)8-22-17(12)13(4-11)6-20;12-4-7-1-8-3-10(13)6-15-11(8)9(2-7)5-14;1-2-12-7(11)5-4-9-10-6(5)3-8/h3-5,8,10H,2,9H2,1H3;1-3,6H,4H2;4H,2H2,1H3,(H,9,10). The van der Waals surface area contributed by atoms with E-state index >= 15 is 0 Å². The molecular weight excluding hydrogens is 743 g/mol. The molecule has 17 heteroatoms. The molecule has 6 rings (SSSR count). The van der Waals surface area contributed by atoms with E-state index in [-0.39, 0.29) is 42.3 Å². The molecule has 14 nitrogen and oxygen atoms in total. The Labute approximate surface area is 317 Å². The number of carbonyl (C=O) groups excluding carboxylic acids is 2. The second-order valence-corrected chi connectivity index (χ2v) is 11.6. The summed E-state index contributed by atoms with van der Waals surface area (Å²) in [5.74, 6) is -0.748. The summed E-state index contributed by atoms with van der Waals surface area (Å²) in [6.07, 6.45) is 5.76. The van der Waals surface area contributed by atoms with E-state index < -0.39 is 11.9 Å². The number of nitrogens with one attached hydrogen (secondary N) is 1. The highest BCUT2D eigenvalue weighted by Gasteiger charge is 2.18. The van der Waals surface area contributed by atoms with Gasteiger partial charge >= 0.3 is 11.9 Å². The lowest BCUT2D eigenvalue weighted by Crippen LogP contribution is -2.05. The van der Waals surface area contributed by atoms with E-state index in [1.165, 1.54) is 29.5 Å². The lowest BCUT2D eigenvalue weighted by Gasteiger charge is -2.06. The largest absolute Gasteiger partial charge is 0.462 e. The minimum atomic E-state index is -0.595. The second-order valence-electron chi connectivity index (χ2n) is 10.5. The van der Waals surface area contributed by atoms with Crippen molar-refractivity contribution >= 4 is 68.5 Å². The summed E-state index contributed by atoms with van der Waals surface area (Å²) in [5, 5.41) is 48.6. The number of hydrogen-bond donors (Lipinski definition) is 1. The van der Waals surface area contributed by atoms with Crippen molar-refractivity contribution in [3.05, 3.63) is 116 Å². The molecule has 0 saturated heterocycles. The number of alkyl halides is 1. The predicted molar refractivity (Wildman–Crippen MR) is 194 cm³/mol. The molecule has 0 atom stereocenters. The number of fused-ring (bicyclic) bond motifs is 2. The SMILES string of the molecule is CCOC(=O)c1cn(Cc2cc(C#N)c3ncc(Cl)cc3c2)nc1C#N.CCOC(=O)c1cn[nH]c1C#N.N#Cc1cc(CCl)cc2cc(Cl)cnc12. The van der Waals surface area contributed by atoms with Crippen molar-refractivity contribution in [3.8, 4) is 24.3 Å². The number of aromatic amines is 1. The fraction of sp³-hybridized carbons (Fsp3) is 0.167. The van der Waals surface area contributed by atoms with Crippen LogP contribution in [0.5, 0.6) is 0 Å². The number of esters is 2. The highest BCUT2D eigenvalue weighted by atomic mass is 35.5. The van der Waals surface area contributed by atoms with E-state index in [0.717, 1.165) is 21.9 Å². The highest BCUT2D eigenvalue weighted by Crippen LogP contribution is 2.24. The molecule has 0 amide bonds. The first-order valence-corrected chi connectivity index (χ1v) is 16.7. The second kappa shape index (κ2) is 18.6. The van der Waals surface area contributed by atoms with Gasteiger partial charge in [0.2, 0.25) is 0 Å². The molecule has 0 aliphatic carbocycles. The number of nitriles is 4. The molecule has 2 aromatic carbocycles. The summed E-state index contributed by atoms with van der Waals surface area (Å²) in [4.78, 5) is 31.3. The molecule has 1 N–H and O–H groups in total. The summed E-state index contributed by atoms with van der Waals surface area (Å²) in [7, 11) is 0. The number of nitrogens with zero attached hydrogens (tertiary/aromatic N) is 9. The van der Waals surface area contributed by atoms with Crippen LogP contribution >= 0.6 is 34.8 Å². The van der Waals surface area contributed by atoms with Gasteiger partial charge in [-0.2, -0.15) is 31.2 Å². The number of aromatic nitrogens is 6. The van der Waals surface area contributed by atoms with Crippen LogP contribution < -0.4 is 0 Å². The van der Waals surface area contributed by atoms with Crippen LogP contribution in [0.4, 0.5) is 0 Å². The number of benzene rings is 2. The Hall–Kier alpha value is -6.55. The van der Waals surface area contributed by atoms with Gasteiger partial charge in [-0.3, -0.25) is 19.7 Å². The normalized spacial score (nSPS) is 9.98. The van der Waals surface area contributed by atoms with Gasteiger partial charge in [-0.15, -0.1) is 11.6 Å². The molecule has 6 aromatic rings. The number of pyridine rings is 2. The molecule has 53 heavy (non-hydrogen) atoms. The van der Waals surface area contributed by atoms with E-state index in [0.29, 0.717) is 38.1 Å². The number of rotatable bonds is 7. The number of ether oxygens (including phenoxy) is 2. The lowest BCUT2D eigenvalue weighted by atomic mass is 10.1. The molecule has 4 aromatic heterocycles. The van der Waals surface area contributed by atoms with E-state index in [4.69, 9.17) is 55.3 Å². The summed E-state index contributed by atoms with van der Waals surface area (Å²) in [5.41, 5.74) is 4.24. The van der Waals surface area contributed by atoms with Crippen molar-refractivity contribution in [2.24, 2.45) is 0 Å². The van der Waals surface area contributed by atoms with Gasteiger partial charge in [0.05, 0.1) is 58.2 Å². The van der Waals surface area contributed by atoms with Crippen LogP contribution in [0.25, 0.3) is 21.8 Å². The number of H-pyrrole nitrogens is 1.